The maximum Gasteiger partial charge on any atom is 0.304 e. The van der Waals surface area contributed by atoms with Gasteiger partial charge in [0.15, 0.2) is 0 Å². The molecule has 0 bridgehead atoms. The number of aromatic amines is 1. The van der Waals surface area contributed by atoms with E-state index in [1.807, 2.05) is 30.3 Å². The van der Waals surface area contributed by atoms with E-state index < -0.39 is 0 Å². The minimum absolute atomic E-state index is 0.0745. The molecule has 1 unspecified atom stereocenters. The van der Waals surface area contributed by atoms with Crippen molar-refractivity contribution in [2.75, 3.05) is 0 Å². The minimum Gasteiger partial charge on any atom is -0.409 e. The van der Waals surface area contributed by atoms with E-state index in [1.54, 1.807) is 5.38 Å². The number of H-pyrrole nitrogens is 1. The van der Waals surface area contributed by atoms with Gasteiger partial charge in [0, 0.05) is 30.1 Å². The molecule has 0 radical (unpaired) electrons. The van der Waals surface area contributed by atoms with Gasteiger partial charge in [0.05, 0.1) is 0 Å². The quantitative estimate of drug-likeness (QED) is 0.280. The Labute approximate surface area is 120 Å². The van der Waals surface area contributed by atoms with Crippen molar-refractivity contribution in [2.24, 2.45) is 10.9 Å². The van der Waals surface area contributed by atoms with Crippen LogP contribution < -0.4 is 15.9 Å². The lowest BCUT2D eigenvalue weighted by molar-refractivity contribution is 0.315. The number of nitrogens with zero attached hydrogens (tertiary/aromatic N) is 1. The summed E-state index contributed by atoms with van der Waals surface area (Å²) in [6, 6.07) is 9.65. The van der Waals surface area contributed by atoms with Gasteiger partial charge in [-0.05, 0) is 5.56 Å². The summed E-state index contributed by atoms with van der Waals surface area (Å²) in [4.78, 5) is 13.8. The fraction of sp³-hybridized carbons (Fsp3) is 0.231. The first-order valence-electron chi connectivity index (χ1n) is 6.10. The van der Waals surface area contributed by atoms with Crippen LogP contribution in [-0.4, -0.2) is 16.0 Å². The Kier molecular flexibility index (Phi) is 4.91. The van der Waals surface area contributed by atoms with E-state index in [0.717, 1.165) is 22.6 Å². The van der Waals surface area contributed by atoms with Crippen molar-refractivity contribution in [1.29, 1.82) is 0 Å². The second kappa shape index (κ2) is 6.88. The summed E-state index contributed by atoms with van der Waals surface area (Å²) < 4.78 is 0. The number of hydrogen-bond donors (Lipinski definition) is 4. The topological polar surface area (TPSA) is 104 Å². The zero-order chi connectivity index (χ0) is 14.4. The third-order valence-corrected chi connectivity index (χ3v) is 3.57. The summed E-state index contributed by atoms with van der Waals surface area (Å²) in [5.74, 6) is 0.158. The summed E-state index contributed by atoms with van der Waals surface area (Å²) in [6.07, 6.45) is 0.384. The highest BCUT2D eigenvalue weighted by Gasteiger charge is 2.13. The molecule has 1 atom stereocenters. The lowest BCUT2D eigenvalue weighted by Crippen LogP contribution is -2.27. The minimum atomic E-state index is -0.0875. The second-order valence-electron chi connectivity index (χ2n) is 4.31. The molecule has 0 spiro atoms. The fourth-order valence-electron chi connectivity index (χ4n) is 1.88. The van der Waals surface area contributed by atoms with Crippen molar-refractivity contribution in [3.05, 3.63) is 56.6 Å². The van der Waals surface area contributed by atoms with Crippen LogP contribution in [0, 0.1) is 0 Å². The Balaban J connectivity index is 2.08. The van der Waals surface area contributed by atoms with Gasteiger partial charge in [-0.15, -0.1) is 0 Å². The third-order valence-electron chi connectivity index (χ3n) is 2.85. The second-order valence-corrected chi connectivity index (χ2v) is 5.16. The summed E-state index contributed by atoms with van der Waals surface area (Å²) in [5.41, 5.74) is 7.45. The third kappa shape index (κ3) is 3.94. The number of thiazole rings is 1. The van der Waals surface area contributed by atoms with Gasteiger partial charge < -0.3 is 21.2 Å². The van der Waals surface area contributed by atoms with Crippen LogP contribution in [0.3, 0.4) is 0 Å². The molecule has 0 saturated heterocycles. The molecule has 0 aliphatic heterocycles. The van der Waals surface area contributed by atoms with Crippen LogP contribution in [0.5, 0.6) is 0 Å². The van der Waals surface area contributed by atoms with Crippen molar-refractivity contribution >= 4 is 17.2 Å². The molecule has 6 nitrogen and oxygen atoms in total. The van der Waals surface area contributed by atoms with Gasteiger partial charge >= 0.3 is 4.87 Å². The molecule has 5 N–H and O–H groups in total. The van der Waals surface area contributed by atoms with E-state index in [0.29, 0.717) is 13.0 Å². The lowest BCUT2D eigenvalue weighted by Gasteiger charge is -2.18. The van der Waals surface area contributed by atoms with Crippen LogP contribution in [0.15, 0.2) is 45.7 Å². The highest BCUT2D eigenvalue weighted by atomic mass is 32.1. The molecule has 0 aliphatic carbocycles. The molecule has 20 heavy (non-hydrogen) atoms. The fourth-order valence-corrected chi connectivity index (χ4v) is 2.46. The number of benzene rings is 1. The number of nitrogens with two attached hydrogens (primary N) is 1. The van der Waals surface area contributed by atoms with E-state index in [-0.39, 0.29) is 16.8 Å². The van der Waals surface area contributed by atoms with Crippen LogP contribution in [0.4, 0.5) is 0 Å². The van der Waals surface area contributed by atoms with Gasteiger partial charge in [0.25, 0.3) is 0 Å². The van der Waals surface area contributed by atoms with Gasteiger partial charge in [-0.25, -0.2) is 0 Å². The zero-order valence-corrected chi connectivity index (χ0v) is 11.6. The number of aromatic nitrogens is 1. The molecule has 0 fully saturated rings. The predicted molar refractivity (Wildman–Crippen MR) is 79.0 cm³/mol. The standard InChI is InChI=1S/C13H16N4O2S/c14-12(17-19)6-11(9-4-2-1-3-5-9)15-7-10-8-20-13(18)16-10/h1-5,8,11,15,19H,6-7H2,(H2,14,17)(H,16,18). The first kappa shape index (κ1) is 14.3. The Hall–Kier alpha value is -2.12. The largest absolute Gasteiger partial charge is 0.409 e. The van der Waals surface area contributed by atoms with E-state index in [2.05, 4.69) is 15.5 Å². The maximum atomic E-state index is 11.1. The van der Waals surface area contributed by atoms with Gasteiger partial charge in [-0.1, -0.05) is 46.8 Å². The number of oxime groups is 1. The van der Waals surface area contributed by atoms with Crippen LogP contribution in [0.1, 0.15) is 23.7 Å². The van der Waals surface area contributed by atoms with Gasteiger partial charge in [0.1, 0.15) is 5.84 Å². The highest BCUT2D eigenvalue weighted by molar-refractivity contribution is 7.07. The molecule has 1 heterocycles. The number of nitrogens with one attached hydrogen (secondary N) is 2. The van der Waals surface area contributed by atoms with E-state index >= 15 is 0 Å². The Morgan fingerprint density at radius 3 is 2.80 bits per heavy atom. The first-order valence-corrected chi connectivity index (χ1v) is 6.98. The van der Waals surface area contributed by atoms with Gasteiger partial charge in [0.2, 0.25) is 0 Å². The average Bonchev–Trinajstić information content (AvgIpc) is 2.89. The van der Waals surface area contributed by atoms with Crippen LogP contribution >= 0.6 is 11.3 Å². The van der Waals surface area contributed by atoms with Crippen molar-refractivity contribution in [3.63, 3.8) is 0 Å². The summed E-state index contributed by atoms with van der Waals surface area (Å²) >= 11 is 1.13. The van der Waals surface area contributed by atoms with Crippen molar-refractivity contribution < 1.29 is 5.21 Å². The zero-order valence-electron chi connectivity index (χ0n) is 10.7. The molecule has 7 heteroatoms. The molecule has 0 aliphatic rings. The molecule has 1 aromatic carbocycles. The SMILES string of the molecule is N/C(CC(NCc1csc(=O)[nH]1)c1ccccc1)=N/O. The highest BCUT2D eigenvalue weighted by Crippen LogP contribution is 2.17. The van der Waals surface area contributed by atoms with E-state index in [4.69, 9.17) is 10.9 Å². The lowest BCUT2D eigenvalue weighted by atomic mass is 10.0. The number of rotatable bonds is 6. The van der Waals surface area contributed by atoms with Crippen LogP contribution in [0.2, 0.25) is 0 Å². The Morgan fingerprint density at radius 1 is 1.45 bits per heavy atom. The van der Waals surface area contributed by atoms with E-state index in [1.165, 1.54) is 0 Å². The number of hydrogen-bond acceptors (Lipinski definition) is 5. The van der Waals surface area contributed by atoms with Crippen molar-refractivity contribution in [1.82, 2.24) is 10.3 Å². The molecule has 106 valence electrons. The van der Waals surface area contributed by atoms with Crippen molar-refractivity contribution in [2.45, 2.75) is 19.0 Å². The normalized spacial score (nSPS) is 13.3. The monoisotopic (exact) mass is 292 g/mol. The smallest absolute Gasteiger partial charge is 0.304 e. The van der Waals surface area contributed by atoms with Crippen LogP contribution in [-0.2, 0) is 6.54 Å². The Morgan fingerprint density at radius 2 is 2.20 bits per heavy atom. The molecular formula is C13H16N4O2S. The average molecular weight is 292 g/mol. The molecule has 0 saturated carbocycles. The molecule has 2 aromatic rings. The Bertz CT molecular complexity index is 621. The van der Waals surface area contributed by atoms with Gasteiger partial charge in [-0.2, -0.15) is 0 Å². The summed E-state index contributed by atoms with van der Waals surface area (Å²) in [7, 11) is 0. The van der Waals surface area contributed by atoms with Crippen LogP contribution in [0.25, 0.3) is 0 Å². The number of amidine groups is 1. The predicted octanol–water partition coefficient (Wildman–Crippen LogP) is 1.40. The first-order chi connectivity index (χ1) is 9.69. The maximum absolute atomic E-state index is 11.1. The molecule has 0 amide bonds. The van der Waals surface area contributed by atoms with E-state index in [9.17, 15) is 4.79 Å². The summed E-state index contributed by atoms with van der Waals surface area (Å²) in [5, 5.41) is 16.8. The molecule has 1 aromatic heterocycles. The molecular weight excluding hydrogens is 276 g/mol. The van der Waals surface area contributed by atoms with Crippen molar-refractivity contribution in [3.8, 4) is 0 Å². The van der Waals surface area contributed by atoms with Gasteiger partial charge in [-0.3, -0.25) is 4.79 Å². The molecule has 2 rings (SSSR count). The summed E-state index contributed by atoms with van der Waals surface area (Å²) in [6.45, 7) is 0.511.